The summed E-state index contributed by atoms with van der Waals surface area (Å²) in [4.78, 5) is 16.3. The van der Waals surface area contributed by atoms with Crippen molar-refractivity contribution in [3.8, 4) is 0 Å². The molecule has 1 heterocycles. The van der Waals surface area contributed by atoms with Crippen LogP contribution >= 0.6 is 11.3 Å². The van der Waals surface area contributed by atoms with Crippen molar-refractivity contribution >= 4 is 22.4 Å². The Bertz CT molecular complexity index is 335. The lowest BCUT2D eigenvalue weighted by Gasteiger charge is -2.09. The molecule has 0 spiro atoms. The molecule has 5 heteroatoms. The van der Waals surface area contributed by atoms with Crippen molar-refractivity contribution in [2.45, 2.75) is 33.2 Å². The first-order chi connectivity index (χ1) is 6.54. The van der Waals surface area contributed by atoms with Gasteiger partial charge in [0.15, 0.2) is 5.13 Å². The van der Waals surface area contributed by atoms with Gasteiger partial charge in [0.25, 0.3) is 5.91 Å². The fourth-order valence-corrected chi connectivity index (χ4v) is 1.76. The lowest BCUT2D eigenvalue weighted by Crippen LogP contribution is -2.31. The number of aryl methyl sites for hydroxylation is 1. The third kappa shape index (κ3) is 2.45. The number of thiazole rings is 1. The number of aromatic nitrogens is 1. The molecule has 78 valence electrons. The number of amides is 1. The fraction of sp³-hybridized carbons (Fsp3) is 0.556. The minimum absolute atomic E-state index is 0.0777. The monoisotopic (exact) mass is 213 g/mol. The zero-order chi connectivity index (χ0) is 10.7. The molecule has 1 amide bonds. The molecule has 0 radical (unpaired) electrons. The lowest BCUT2D eigenvalue weighted by molar-refractivity contribution is 0.0942. The molecule has 0 fully saturated rings. The number of nitrogens with zero attached hydrogens (tertiary/aromatic N) is 1. The van der Waals surface area contributed by atoms with Crippen LogP contribution in [-0.2, 0) is 0 Å². The maximum atomic E-state index is 11.7. The van der Waals surface area contributed by atoms with Crippen LogP contribution in [0.1, 0.15) is 35.6 Å². The summed E-state index contributed by atoms with van der Waals surface area (Å²) >= 11 is 1.23. The Hall–Kier alpha value is -1.10. The Morgan fingerprint density at radius 1 is 1.71 bits per heavy atom. The second-order valence-corrected chi connectivity index (χ2v) is 4.28. The molecule has 0 aliphatic rings. The number of hydrogen-bond acceptors (Lipinski definition) is 4. The maximum absolute atomic E-state index is 11.7. The van der Waals surface area contributed by atoms with E-state index in [1.165, 1.54) is 11.3 Å². The lowest BCUT2D eigenvalue weighted by atomic mass is 10.2. The van der Waals surface area contributed by atoms with Gasteiger partial charge in [-0.05, 0) is 20.3 Å². The summed E-state index contributed by atoms with van der Waals surface area (Å²) in [6, 6.07) is 0.185. The number of carbonyl (C=O) groups excluding carboxylic acids is 1. The van der Waals surface area contributed by atoms with Gasteiger partial charge in [-0.2, -0.15) is 0 Å². The second-order valence-electron chi connectivity index (χ2n) is 3.25. The van der Waals surface area contributed by atoms with Crippen LogP contribution in [0.15, 0.2) is 0 Å². The van der Waals surface area contributed by atoms with E-state index in [4.69, 9.17) is 5.73 Å². The van der Waals surface area contributed by atoms with Gasteiger partial charge in [0.1, 0.15) is 4.88 Å². The maximum Gasteiger partial charge on any atom is 0.263 e. The van der Waals surface area contributed by atoms with Crippen molar-refractivity contribution in [3.63, 3.8) is 0 Å². The van der Waals surface area contributed by atoms with E-state index in [1.807, 2.05) is 13.8 Å². The highest BCUT2D eigenvalue weighted by Crippen LogP contribution is 2.19. The summed E-state index contributed by atoms with van der Waals surface area (Å²) in [5, 5.41) is 3.32. The Morgan fingerprint density at radius 3 is 2.79 bits per heavy atom. The molecule has 1 atom stereocenters. The number of anilines is 1. The predicted octanol–water partition coefficient (Wildman–Crippen LogP) is 1.56. The molecule has 1 aromatic heterocycles. The van der Waals surface area contributed by atoms with E-state index in [1.54, 1.807) is 6.92 Å². The third-order valence-electron chi connectivity index (χ3n) is 2.01. The van der Waals surface area contributed by atoms with E-state index < -0.39 is 0 Å². The molecule has 0 saturated carbocycles. The van der Waals surface area contributed by atoms with E-state index in [2.05, 4.69) is 10.3 Å². The molecule has 1 rings (SSSR count). The van der Waals surface area contributed by atoms with Crippen LogP contribution in [-0.4, -0.2) is 16.9 Å². The first kappa shape index (κ1) is 11.0. The summed E-state index contributed by atoms with van der Waals surface area (Å²) in [6.45, 7) is 5.79. The van der Waals surface area contributed by atoms with Gasteiger partial charge in [-0.15, -0.1) is 0 Å². The summed E-state index contributed by atoms with van der Waals surface area (Å²) < 4.78 is 0. The topological polar surface area (TPSA) is 68.0 Å². The van der Waals surface area contributed by atoms with Crippen molar-refractivity contribution < 1.29 is 4.79 Å². The summed E-state index contributed by atoms with van der Waals surface area (Å²) in [5.41, 5.74) is 6.21. The van der Waals surface area contributed by atoms with E-state index in [0.29, 0.717) is 15.7 Å². The molecule has 4 nitrogen and oxygen atoms in total. The molecular weight excluding hydrogens is 198 g/mol. The van der Waals surface area contributed by atoms with Crippen LogP contribution in [0, 0.1) is 6.92 Å². The van der Waals surface area contributed by atoms with Gasteiger partial charge < -0.3 is 11.1 Å². The van der Waals surface area contributed by atoms with Crippen molar-refractivity contribution in [1.82, 2.24) is 10.3 Å². The smallest absolute Gasteiger partial charge is 0.263 e. The van der Waals surface area contributed by atoms with Crippen LogP contribution in [0.3, 0.4) is 0 Å². The summed E-state index contributed by atoms with van der Waals surface area (Å²) in [5.74, 6) is -0.0777. The second kappa shape index (κ2) is 4.41. The van der Waals surface area contributed by atoms with Gasteiger partial charge in [-0.1, -0.05) is 18.3 Å². The summed E-state index contributed by atoms with van der Waals surface area (Å²) in [6.07, 6.45) is 0.916. The third-order valence-corrected chi connectivity index (χ3v) is 2.99. The van der Waals surface area contributed by atoms with Gasteiger partial charge in [-0.25, -0.2) is 4.98 Å². The highest BCUT2D eigenvalue weighted by molar-refractivity contribution is 7.17. The van der Waals surface area contributed by atoms with Crippen molar-refractivity contribution in [2.24, 2.45) is 0 Å². The number of nitrogen functional groups attached to an aromatic ring is 1. The standard InChI is InChI=1S/C9H15N3OS/c1-4-5(2)11-8(13)7-6(3)12-9(10)14-7/h5H,4H2,1-3H3,(H2,10,12)(H,11,13)/t5-/m1/s1. The number of carbonyl (C=O) groups is 1. The van der Waals surface area contributed by atoms with Crippen molar-refractivity contribution in [2.75, 3.05) is 5.73 Å². The molecule has 0 unspecified atom stereocenters. The Morgan fingerprint density at radius 2 is 2.36 bits per heavy atom. The zero-order valence-electron chi connectivity index (χ0n) is 8.63. The normalized spacial score (nSPS) is 12.5. The van der Waals surface area contributed by atoms with Gasteiger partial charge in [0, 0.05) is 6.04 Å². The van der Waals surface area contributed by atoms with Crippen LogP contribution in [0.25, 0.3) is 0 Å². The minimum Gasteiger partial charge on any atom is -0.375 e. The first-order valence-corrected chi connectivity index (χ1v) is 5.40. The van der Waals surface area contributed by atoms with E-state index in [0.717, 1.165) is 6.42 Å². The predicted molar refractivity (Wildman–Crippen MR) is 58.5 cm³/mol. The molecular formula is C9H15N3OS. The zero-order valence-corrected chi connectivity index (χ0v) is 9.44. The van der Waals surface area contributed by atoms with Crippen LogP contribution < -0.4 is 11.1 Å². The number of nitrogens with one attached hydrogen (secondary N) is 1. The van der Waals surface area contributed by atoms with Gasteiger partial charge >= 0.3 is 0 Å². The van der Waals surface area contributed by atoms with E-state index in [9.17, 15) is 4.79 Å². The van der Waals surface area contributed by atoms with E-state index in [-0.39, 0.29) is 11.9 Å². The highest BCUT2D eigenvalue weighted by atomic mass is 32.1. The van der Waals surface area contributed by atoms with Gasteiger partial charge in [0.05, 0.1) is 5.69 Å². The van der Waals surface area contributed by atoms with Gasteiger partial charge in [0.2, 0.25) is 0 Å². The van der Waals surface area contributed by atoms with Crippen molar-refractivity contribution in [3.05, 3.63) is 10.6 Å². The van der Waals surface area contributed by atoms with Crippen LogP contribution in [0.5, 0.6) is 0 Å². The van der Waals surface area contributed by atoms with E-state index >= 15 is 0 Å². The fourth-order valence-electron chi connectivity index (χ4n) is 1.02. The molecule has 0 bridgehead atoms. The molecule has 0 aliphatic heterocycles. The molecule has 14 heavy (non-hydrogen) atoms. The summed E-state index contributed by atoms with van der Waals surface area (Å²) in [7, 11) is 0. The molecule has 1 aromatic rings. The average molecular weight is 213 g/mol. The largest absolute Gasteiger partial charge is 0.375 e. The average Bonchev–Trinajstić information content (AvgIpc) is 2.45. The Labute approximate surface area is 87.5 Å². The molecule has 0 aromatic carbocycles. The molecule has 0 saturated heterocycles. The Balaban J connectivity index is 2.74. The minimum atomic E-state index is -0.0777. The highest BCUT2D eigenvalue weighted by Gasteiger charge is 2.15. The quantitative estimate of drug-likeness (QED) is 0.800. The molecule has 0 aliphatic carbocycles. The molecule has 3 N–H and O–H groups in total. The number of nitrogens with two attached hydrogens (primary N) is 1. The van der Waals surface area contributed by atoms with Crippen LogP contribution in [0.4, 0.5) is 5.13 Å². The van der Waals surface area contributed by atoms with Crippen molar-refractivity contribution in [1.29, 1.82) is 0 Å². The number of hydrogen-bond donors (Lipinski definition) is 2. The van der Waals surface area contributed by atoms with Crippen LogP contribution in [0.2, 0.25) is 0 Å². The first-order valence-electron chi connectivity index (χ1n) is 4.58. The van der Waals surface area contributed by atoms with Gasteiger partial charge in [-0.3, -0.25) is 4.79 Å². The SMILES string of the molecule is CC[C@@H](C)NC(=O)c1sc(N)nc1C. The number of rotatable bonds is 3. The Kier molecular flexibility index (Phi) is 3.46.